The van der Waals surface area contributed by atoms with Crippen molar-refractivity contribution in [2.24, 2.45) is 0 Å². The van der Waals surface area contributed by atoms with Crippen LogP contribution in [0, 0.1) is 0 Å². The predicted octanol–water partition coefficient (Wildman–Crippen LogP) is 6.77. The molecule has 0 rings (SSSR count). The summed E-state index contributed by atoms with van der Waals surface area (Å²) in [5, 5.41) is 8.52. The van der Waals surface area contributed by atoms with E-state index in [1.807, 2.05) is 0 Å². The van der Waals surface area contributed by atoms with E-state index in [0.29, 0.717) is 6.42 Å². The number of allylic oxidation sites excluding steroid dienone is 10. The summed E-state index contributed by atoms with van der Waals surface area (Å²) >= 11 is 0. The average Bonchev–Trinajstić information content (AvgIpc) is 2.56. The Labute approximate surface area is 148 Å². The Morgan fingerprint density at radius 2 is 1.12 bits per heavy atom. The molecular weight excluding hydrogens is 296 g/mol. The number of carboxylic acid groups (broad SMARTS) is 1. The monoisotopic (exact) mass is 330 g/mol. The van der Waals surface area contributed by atoms with Crippen molar-refractivity contribution in [2.45, 2.75) is 71.1 Å². The first-order valence-electron chi connectivity index (χ1n) is 9.24. The van der Waals surface area contributed by atoms with Gasteiger partial charge >= 0.3 is 5.97 Å². The molecule has 0 spiro atoms. The van der Waals surface area contributed by atoms with E-state index in [9.17, 15) is 4.79 Å². The van der Waals surface area contributed by atoms with Crippen LogP contribution in [0.15, 0.2) is 60.8 Å². The van der Waals surface area contributed by atoms with E-state index in [1.165, 1.54) is 0 Å². The Hall–Kier alpha value is -1.83. The van der Waals surface area contributed by atoms with Gasteiger partial charge in [-0.1, -0.05) is 74.1 Å². The SMILES string of the molecule is CC/C=C/C/C=C\C/C=C/C/C=C/C/C=C\CCCCCC(=O)O. The number of hydrogen-bond acceptors (Lipinski definition) is 1. The topological polar surface area (TPSA) is 37.3 Å². The van der Waals surface area contributed by atoms with E-state index >= 15 is 0 Å². The molecule has 0 aromatic rings. The summed E-state index contributed by atoms with van der Waals surface area (Å²) in [6.45, 7) is 2.15. The van der Waals surface area contributed by atoms with Crippen LogP contribution in [-0.4, -0.2) is 11.1 Å². The van der Waals surface area contributed by atoms with E-state index in [0.717, 1.165) is 57.8 Å². The highest BCUT2D eigenvalue weighted by atomic mass is 16.4. The van der Waals surface area contributed by atoms with Crippen LogP contribution in [0.5, 0.6) is 0 Å². The summed E-state index contributed by atoms with van der Waals surface area (Å²) < 4.78 is 0. The van der Waals surface area contributed by atoms with Gasteiger partial charge in [-0.05, 0) is 51.4 Å². The highest BCUT2D eigenvalue weighted by molar-refractivity contribution is 5.66. The number of carboxylic acids is 1. The molecular formula is C22H34O2. The highest BCUT2D eigenvalue weighted by Crippen LogP contribution is 2.04. The van der Waals surface area contributed by atoms with Gasteiger partial charge in [0.2, 0.25) is 0 Å². The van der Waals surface area contributed by atoms with Gasteiger partial charge in [-0.3, -0.25) is 4.79 Å². The van der Waals surface area contributed by atoms with E-state index in [4.69, 9.17) is 5.11 Å². The van der Waals surface area contributed by atoms with Gasteiger partial charge in [-0.2, -0.15) is 0 Å². The molecule has 0 saturated carbocycles. The van der Waals surface area contributed by atoms with Gasteiger partial charge in [0.1, 0.15) is 0 Å². The van der Waals surface area contributed by atoms with Crippen molar-refractivity contribution >= 4 is 5.97 Å². The summed E-state index contributed by atoms with van der Waals surface area (Å²) in [7, 11) is 0. The Kier molecular flexibility index (Phi) is 17.8. The van der Waals surface area contributed by atoms with Crippen molar-refractivity contribution in [2.75, 3.05) is 0 Å². The first kappa shape index (κ1) is 22.2. The lowest BCUT2D eigenvalue weighted by Gasteiger charge is -1.94. The molecule has 0 fully saturated rings. The van der Waals surface area contributed by atoms with Crippen LogP contribution in [0.1, 0.15) is 71.1 Å². The molecule has 0 aliphatic carbocycles. The second kappa shape index (κ2) is 19.2. The van der Waals surface area contributed by atoms with E-state index in [1.54, 1.807) is 0 Å². The summed E-state index contributed by atoms with van der Waals surface area (Å²) in [6.07, 6.45) is 31.3. The molecule has 0 saturated heterocycles. The maximum absolute atomic E-state index is 10.3. The van der Waals surface area contributed by atoms with Gasteiger partial charge in [0.15, 0.2) is 0 Å². The normalized spacial score (nSPS) is 12.7. The Balaban J connectivity index is 3.42. The van der Waals surface area contributed by atoms with Gasteiger partial charge in [0.05, 0.1) is 0 Å². The molecule has 24 heavy (non-hydrogen) atoms. The third-order valence-corrected chi connectivity index (χ3v) is 3.42. The minimum Gasteiger partial charge on any atom is -0.481 e. The first-order chi connectivity index (χ1) is 11.8. The summed E-state index contributed by atoms with van der Waals surface area (Å²) in [5.41, 5.74) is 0. The van der Waals surface area contributed by atoms with Crippen molar-refractivity contribution < 1.29 is 9.90 Å². The molecule has 0 bridgehead atoms. The van der Waals surface area contributed by atoms with Gasteiger partial charge in [-0.25, -0.2) is 0 Å². The zero-order valence-electron chi connectivity index (χ0n) is 15.2. The molecule has 0 aromatic heterocycles. The van der Waals surface area contributed by atoms with Crippen LogP contribution in [0.2, 0.25) is 0 Å². The second-order valence-electron chi connectivity index (χ2n) is 5.70. The molecule has 0 aliphatic rings. The lowest BCUT2D eigenvalue weighted by Crippen LogP contribution is -1.93. The fraction of sp³-hybridized carbons (Fsp3) is 0.500. The predicted molar refractivity (Wildman–Crippen MR) is 105 cm³/mol. The van der Waals surface area contributed by atoms with Crippen molar-refractivity contribution in [3.8, 4) is 0 Å². The number of unbranched alkanes of at least 4 members (excludes halogenated alkanes) is 3. The average molecular weight is 331 g/mol. The van der Waals surface area contributed by atoms with Crippen LogP contribution >= 0.6 is 0 Å². The van der Waals surface area contributed by atoms with Gasteiger partial charge in [0, 0.05) is 6.42 Å². The van der Waals surface area contributed by atoms with Crippen LogP contribution in [-0.2, 0) is 4.79 Å². The van der Waals surface area contributed by atoms with Gasteiger partial charge in [0.25, 0.3) is 0 Å². The van der Waals surface area contributed by atoms with Gasteiger partial charge < -0.3 is 5.11 Å². The number of hydrogen-bond donors (Lipinski definition) is 1. The number of carbonyl (C=O) groups is 1. The molecule has 134 valence electrons. The maximum Gasteiger partial charge on any atom is 0.303 e. The number of aliphatic carboxylic acids is 1. The van der Waals surface area contributed by atoms with Crippen molar-refractivity contribution in [3.05, 3.63) is 60.8 Å². The van der Waals surface area contributed by atoms with Crippen LogP contribution < -0.4 is 0 Å². The fourth-order valence-electron chi connectivity index (χ4n) is 2.08. The minimum atomic E-state index is -0.690. The Morgan fingerprint density at radius 3 is 1.58 bits per heavy atom. The van der Waals surface area contributed by atoms with Crippen molar-refractivity contribution in [1.29, 1.82) is 0 Å². The molecule has 1 N–H and O–H groups in total. The molecule has 0 heterocycles. The Bertz CT molecular complexity index is 425. The second-order valence-corrected chi connectivity index (χ2v) is 5.70. The smallest absolute Gasteiger partial charge is 0.303 e. The molecule has 0 amide bonds. The van der Waals surface area contributed by atoms with E-state index in [-0.39, 0.29) is 0 Å². The zero-order chi connectivity index (χ0) is 17.7. The molecule has 2 nitrogen and oxygen atoms in total. The molecule has 0 radical (unpaired) electrons. The Morgan fingerprint density at radius 1 is 0.667 bits per heavy atom. The van der Waals surface area contributed by atoms with Crippen LogP contribution in [0.4, 0.5) is 0 Å². The zero-order valence-corrected chi connectivity index (χ0v) is 15.2. The van der Waals surface area contributed by atoms with E-state index < -0.39 is 5.97 Å². The summed E-state index contributed by atoms with van der Waals surface area (Å²) in [4.78, 5) is 10.3. The third-order valence-electron chi connectivity index (χ3n) is 3.42. The lowest BCUT2D eigenvalue weighted by molar-refractivity contribution is -0.137. The van der Waals surface area contributed by atoms with Gasteiger partial charge in [-0.15, -0.1) is 0 Å². The standard InChI is InChI=1S/C22H34O2/c1-2-3-4-5-6-7-8-9-10-11-12-13-14-15-16-17-18-19-20-21-22(23)24/h3-4,6-7,9-10,12-13,15-16H,2,5,8,11,14,17-21H2,1H3,(H,23,24)/b4-3+,7-6-,10-9+,13-12+,16-15-. The summed E-state index contributed by atoms with van der Waals surface area (Å²) in [5.74, 6) is -0.690. The van der Waals surface area contributed by atoms with Crippen LogP contribution in [0.3, 0.4) is 0 Å². The van der Waals surface area contributed by atoms with Crippen molar-refractivity contribution in [1.82, 2.24) is 0 Å². The largest absolute Gasteiger partial charge is 0.481 e. The molecule has 2 heteroatoms. The first-order valence-corrected chi connectivity index (χ1v) is 9.24. The quantitative estimate of drug-likeness (QED) is 0.265. The molecule has 0 aliphatic heterocycles. The maximum atomic E-state index is 10.3. The molecule has 0 atom stereocenters. The molecule has 0 unspecified atom stereocenters. The highest BCUT2D eigenvalue weighted by Gasteiger charge is 1.94. The number of rotatable bonds is 15. The molecule has 0 aromatic carbocycles. The van der Waals surface area contributed by atoms with Crippen molar-refractivity contribution in [3.63, 3.8) is 0 Å². The van der Waals surface area contributed by atoms with Crippen LogP contribution in [0.25, 0.3) is 0 Å². The van der Waals surface area contributed by atoms with E-state index in [2.05, 4.69) is 67.7 Å². The fourth-order valence-corrected chi connectivity index (χ4v) is 2.08. The summed E-state index contributed by atoms with van der Waals surface area (Å²) in [6, 6.07) is 0. The lowest BCUT2D eigenvalue weighted by atomic mass is 10.1. The third kappa shape index (κ3) is 20.2. The minimum absolute atomic E-state index is 0.297.